The summed E-state index contributed by atoms with van der Waals surface area (Å²) in [6, 6.07) is 23.9. The molecule has 1 fully saturated rings. The largest absolute Gasteiger partial charge is 0.339 e. The van der Waals surface area contributed by atoms with Crippen LogP contribution in [0.25, 0.3) is 6.08 Å². The molecule has 0 aliphatic carbocycles. The fourth-order valence-electron chi connectivity index (χ4n) is 4.57. The van der Waals surface area contributed by atoms with Gasteiger partial charge in [-0.05, 0) is 67.7 Å². The number of fused-ring (bicyclic) bond motifs is 1. The van der Waals surface area contributed by atoms with E-state index in [1.807, 2.05) is 64.4 Å². The number of thioether (sulfide) groups is 1. The first-order chi connectivity index (χ1) is 16.6. The highest BCUT2D eigenvalue weighted by Gasteiger charge is 2.29. The molecule has 1 saturated heterocycles. The summed E-state index contributed by atoms with van der Waals surface area (Å²) in [4.78, 5) is 31.9. The molecule has 0 N–H and O–H groups in total. The average molecular weight is 469 g/mol. The zero-order chi connectivity index (χ0) is 23.5. The summed E-state index contributed by atoms with van der Waals surface area (Å²) in [6.45, 7) is 4.27. The van der Waals surface area contributed by atoms with Crippen molar-refractivity contribution in [1.82, 2.24) is 4.90 Å². The number of nitrogens with zero attached hydrogens (tertiary/aromatic N) is 2. The van der Waals surface area contributed by atoms with Crippen LogP contribution in [0.4, 0.5) is 5.69 Å². The zero-order valence-corrected chi connectivity index (χ0v) is 20.2. The maximum absolute atomic E-state index is 13.5. The number of amides is 2. The molecule has 2 aliphatic rings. The van der Waals surface area contributed by atoms with E-state index in [1.165, 1.54) is 23.7 Å². The molecular formula is C29H28N2O2S. The van der Waals surface area contributed by atoms with Gasteiger partial charge in [-0.3, -0.25) is 9.59 Å². The second kappa shape index (κ2) is 9.90. The van der Waals surface area contributed by atoms with Crippen molar-refractivity contribution in [1.29, 1.82) is 0 Å². The van der Waals surface area contributed by atoms with Crippen molar-refractivity contribution >= 4 is 35.3 Å². The van der Waals surface area contributed by atoms with Crippen LogP contribution in [0.1, 0.15) is 46.3 Å². The Bertz CT molecular complexity index is 1240. The van der Waals surface area contributed by atoms with Crippen molar-refractivity contribution in [3.8, 4) is 0 Å². The van der Waals surface area contributed by atoms with Gasteiger partial charge in [-0.15, -0.1) is 0 Å². The molecule has 172 valence electrons. The fourth-order valence-corrected chi connectivity index (χ4v) is 5.62. The Morgan fingerprint density at radius 3 is 2.47 bits per heavy atom. The summed E-state index contributed by atoms with van der Waals surface area (Å²) in [7, 11) is 0. The Balaban J connectivity index is 1.40. The monoisotopic (exact) mass is 468 g/mol. The van der Waals surface area contributed by atoms with Crippen molar-refractivity contribution in [2.75, 3.05) is 18.0 Å². The Hall–Kier alpha value is -3.31. The molecule has 3 aromatic rings. The Morgan fingerprint density at radius 1 is 0.941 bits per heavy atom. The summed E-state index contributed by atoms with van der Waals surface area (Å²) in [5.74, 6) is 0.0963. The molecule has 0 bridgehead atoms. The lowest BCUT2D eigenvalue weighted by Crippen LogP contribution is -2.35. The van der Waals surface area contributed by atoms with Crippen LogP contribution in [0, 0.1) is 6.92 Å². The topological polar surface area (TPSA) is 40.6 Å². The standard InChI is InChI=1S/C29H28N2O2S/c1-21-8-7-9-23(18-21)20-31-25-10-3-4-11-26(25)34-27(29(31)33)19-22-12-14-24(15-13-22)28(32)30-16-5-2-6-17-30/h3-4,7-15,18-19H,2,5-6,16-17,20H2,1H3. The maximum atomic E-state index is 13.5. The van der Waals surface area contributed by atoms with Gasteiger partial charge in [0.1, 0.15) is 0 Å². The van der Waals surface area contributed by atoms with Gasteiger partial charge in [0, 0.05) is 23.5 Å². The molecule has 0 spiro atoms. The number of carbonyl (C=O) groups excluding carboxylic acids is 2. The molecule has 0 saturated carbocycles. The van der Waals surface area contributed by atoms with Crippen molar-refractivity contribution < 1.29 is 9.59 Å². The van der Waals surface area contributed by atoms with Crippen LogP contribution in [0.5, 0.6) is 0 Å². The van der Waals surface area contributed by atoms with E-state index in [1.54, 1.807) is 0 Å². The van der Waals surface area contributed by atoms with Crippen LogP contribution in [0.3, 0.4) is 0 Å². The van der Waals surface area contributed by atoms with E-state index in [0.717, 1.165) is 47.6 Å². The molecule has 0 unspecified atom stereocenters. The molecule has 5 rings (SSSR count). The predicted molar refractivity (Wildman–Crippen MR) is 139 cm³/mol. The van der Waals surface area contributed by atoms with Gasteiger partial charge >= 0.3 is 0 Å². The van der Waals surface area contributed by atoms with Gasteiger partial charge in [0.15, 0.2) is 0 Å². The number of para-hydroxylation sites is 1. The third kappa shape index (κ3) is 4.80. The lowest BCUT2D eigenvalue weighted by Gasteiger charge is -2.30. The van der Waals surface area contributed by atoms with Gasteiger partial charge in [-0.2, -0.15) is 0 Å². The van der Waals surface area contributed by atoms with Crippen LogP contribution in [0.15, 0.2) is 82.6 Å². The van der Waals surface area contributed by atoms with E-state index in [0.29, 0.717) is 17.0 Å². The van der Waals surface area contributed by atoms with E-state index in [4.69, 9.17) is 0 Å². The fraction of sp³-hybridized carbons (Fsp3) is 0.241. The molecule has 5 heteroatoms. The van der Waals surface area contributed by atoms with E-state index in [2.05, 4.69) is 31.2 Å². The van der Waals surface area contributed by atoms with Gasteiger partial charge < -0.3 is 9.80 Å². The quantitative estimate of drug-likeness (QED) is 0.422. The highest BCUT2D eigenvalue weighted by atomic mass is 32.2. The molecule has 3 aromatic carbocycles. The van der Waals surface area contributed by atoms with Gasteiger partial charge in [-0.1, -0.05) is 65.9 Å². The van der Waals surface area contributed by atoms with Crippen LogP contribution < -0.4 is 4.90 Å². The first-order valence-electron chi connectivity index (χ1n) is 11.8. The highest BCUT2D eigenvalue weighted by Crippen LogP contribution is 2.42. The summed E-state index contributed by atoms with van der Waals surface area (Å²) in [6.07, 6.45) is 5.29. The Kier molecular flexibility index (Phi) is 6.54. The number of benzene rings is 3. The summed E-state index contributed by atoms with van der Waals surface area (Å²) < 4.78 is 0. The third-order valence-electron chi connectivity index (χ3n) is 6.35. The second-order valence-electron chi connectivity index (χ2n) is 8.93. The highest BCUT2D eigenvalue weighted by molar-refractivity contribution is 8.04. The van der Waals surface area contributed by atoms with Crippen LogP contribution in [-0.2, 0) is 11.3 Å². The van der Waals surface area contributed by atoms with E-state index in [-0.39, 0.29) is 11.8 Å². The van der Waals surface area contributed by atoms with Gasteiger partial charge in [-0.25, -0.2) is 0 Å². The number of hydrogen-bond donors (Lipinski definition) is 0. The number of likely N-dealkylation sites (tertiary alicyclic amines) is 1. The van der Waals surface area contributed by atoms with Gasteiger partial charge in [0.25, 0.3) is 11.8 Å². The van der Waals surface area contributed by atoms with E-state index < -0.39 is 0 Å². The third-order valence-corrected chi connectivity index (χ3v) is 7.43. The van der Waals surface area contributed by atoms with Crippen molar-refractivity contribution in [2.24, 2.45) is 0 Å². The lowest BCUT2D eigenvalue weighted by atomic mass is 10.1. The molecule has 2 aliphatic heterocycles. The summed E-state index contributed by atoms with van der Waals surface area (Å²) in [5.41, 5.74) is 4.85. The minimum Gasteiger partial charge on any atom is -0.339 e. The molecule has 0 radical (unpaired) electrons. The molecule has 0 aromatic heterocycles. The average Bonchev–Trinajstić information content (AvgIpc) is 2.87. The lowest BCUT2D eigenvalue weighted by molar-refractivity contribution is -0.114. The van der Waals surface area contributed by atoms with Crippen LogP contribution >= 0.6 is 11.8 Å². The smallest absolute Gasteiger partial charge is 0.265 e. The molecule has 2 heterocycles. The normalized spacial score (nSPS) is 17.1. The van der Waals surface area contributed by atoms with E-state index in [9.17, 15) is 9.59 Å². The molecule has 2 amide bonds. The molecule has 4 nitrogen and oxygen atoms in total. The molecule has 0 atom stereocenters. The number of anilines is 1. The first-order valence-corrected chi connectivity index (χ1v) is 12.7. The zero-order valence-electron chi connectivity index (χ0n) is 19.4. The second-order valence-corrected chi connectivity index (χ2v) is 10.0. The number of hydrogen-bond acceptors (Lipinski definition) is 3. The number of rotatable bonds is 4. The van der Waals surface area contributed by atoms with Crippen molar-refractivity contribution in [3.63, 3.8) is 0 Å². The predicted octanol–water partition coefficient (Wildman–Crippen LogP) is 6.30. The van der Waals surface area contributed by atoms with Gasteiger partial charge in [0.05, 0.1) is 17.1 Å². The summed E-state index contributed by atoms with van der Waals surface area (Å²) in [5, 5.41) is 0. The minimum absolute atomic E-state index is 0.00123. The number of piperidine rings is 1. The first kappa shape index (κ1) is 22.5. The van der Waals surface area contributed by atoms with Crippen molar-refractivity contribution in [3.05, 3.63) is 100.0 Å². The van der Waals surface area contributed by atoms with E-state index >= 15 is 0 Å². The van der Waals surface area contributed by atoms with Crippen LogP contribution in [-0.4, -0.2) is 29.8 Å². The Labute approximate surface area is 205 Å². The van der Waals surface area contributed by atoms with Gasteiger partial charge in [0.2, 0.25) is 0 Å². The summed E-state index contributed by atoms with van der Waals surface area (Å²) >= 11 is 1.51. The number of carbonyl (C=O) groups is 2. The molecular weight excluding hydrogens is 440 g/mol. The maximum Gasteiger partial charge on any atom is 0.265 e. The minimum atomic E-state index is -0.00123. The SMILES string of the molecule is Cc1cccc(CN2C(=O)C(=Cc3ccc(C(=O)N4CCCCC4)cc3)Sc3ccccc32)c1. The number of aryl methyl sites for hydroxylation is 1. The van der Waals surface area contributed by atoms with Crippen LogP contribution in [0.2, 0.25) is 0 Å². The Morgan fingerprint density at radius 2 is 1.71 bits per heavy atom. The van der Waals surface area contributed by atoms with Crippen molar-refractivity contribution in [2.45, 2.75) is 37.6 Å². The molecule has 34 heavy (non-hydrogen) atoms.